The molecule has 1 fully saturated rings. The molecular weight excluding hydrogens is 402 g/mol. The van der Waals surface area contributed by atoms with Gasteiger partial charge >= 0.3 is 0 Å². The molecule has 2 aromatic rings. The Morgan fingerprint density at radius 3 is 2.60 bits per heavy atom. The molecule has 2 N–H and O–H groups in total. The van der Waals surface area contributed by atoms with Gasteiger partial charge in [0.1, 0.15) is 11.0 Å². The van der Waals surface area contributed by atoms with Gasteiger partial charge in [-0.2, -0.15) is 0 Å². The van der Waals surface area contributed by atoms with Gasteiger partial charge in [-0.25, -0.2) is 4.90 Å². The van der Waals surface area contributed by atoms with E-state index in [1.54, 1.807) is 24.3 Å². The third kappa shape index (κ3) is 5.61. The van der Waals surface area contributed by atoms with Crippen molar-refractivity contribution < 1.29 is 19.4 Å². The monoisotopic (exact) mass is 427 g/mol. The highest BCUT2D eigenvalue weighted by atomic mass is 32.2. The smallest absolute Gasteiger partial charge is 0.247 e. The molecule has 1 heterocycles. The molecule has 3 rings (SSSR count). The predicted octanol–water partition coefficient (Wildman–Crippen LogP) is 3.30. The van der Waals surface area contributed by atoms with E-state index in [2.05, 4.69) is 10.3 Å². The van der Waals surface area contributed by atoms with Gasteiger partial charge in [0.2, 0.25) is 11.8 Å². The molecule has 7 nitrogen and oxygen atoms in total. The van der Waals surface area contributed by atoms with Crippen LogP contribution in [0.3, 0.4) is 0 Å². The number of hydrogen-bond donors (Lipinski definition) is 2. The van der Waals surface area contributed by atoms with E-state index in [0.29, 0.717) is 23.2 Å². The predicted molar refractivity (Wildman–Crippen MR) is 120 cm³/mol. The van der Waals surface area contributed by atoms with Gasteiger partial charge in [0.15, 0.2) is 5.17 Å². The topological polar surface area (TPSA) is 91.2 Å². The van der Waals surface area contributed by atoms with Crippen LogP contribution in [-0.2, 0) is 9.59 Å². The normalized spacial score (nSPS) is 16.8. The zero-order chi connectivity index (χ0) is 21.3. The number of carbonyl (C=O) groups is 2. The van der Waals surface area contributed by atoms with Crippen molar-refractivity contribution in [2.24, 2.45) is 4.99 Å². The SMILES string of the molecule is CCCOc1ccc(N2C(=O)CC(SC(=NCCO)Nc3ccccc3)C2=O)cc1. The Labute approximate surface area is 180 Å². The van der Waals surface area contributed by atoms with Gasteiger partial charge in [0.05, 0.1) is 25.4 Å². The van der Waals surface area contributed by atoms with Crippen LogP contribution in [0.1, 0.15) is 19.8 Å². The molecule has 1 aliphatic rings. The Hall–Kier alpha value is -2.84. The Morgan fingerprint density at radius 1 is 1.20 bits per heavy atom. The van der Waals surface area contributed by atoms with Crippen molar-refractivity contribution in [3.63, 3.8) is 0 Å². The third-order valence-electron chi connectivity index (χ3n) is 4.31. The number of rotatable bonds is 8. The fourth-order valence-corrected chi connectivity index (χ4v) is 3.96. The van der Waals surface area contributed by atoms with Crippen molar-refractivity contribution in [3.8, 4) is 5.75 Å². The highest BCUT2D eigenvalue weighted by molar-refractivity contribution is 8.15. The fraction of sp³-hybridized carbons (Fsp3) is 0.318. The lowest BCUT2D eigenvalue weighted by Crippen LogP contribution is -2.31. The third-order valence-corrected chi connectivity index (χ3v) is 5.41. The number of benzene rings is 2. The molecular formula is C22H25N3O4S. The highest BCUT2D eigenvalue weighted by Gasteiger charge is 2.40. The minimum Gasteiger partial charge on any atom is -0.494 e. The summed E-state index contributed by atoms with van der Waals surface area (Å²) < 4.78 is 5.56. The molecule has 1 saturated heterocycles. The zero-order valence-corrected chi connectivity index (χ0v) is 17.6. The van der Waals surface area contributed by atoms with Crippen LogP contribution >= 0.6 is 11.8 Å². The van der Waals surface area contributed by atoms with E-state index < -0.39 is 5.25 Å². The molecule has 8 heteroatoms. The Morgan fingerprint density at radius 2 is 1.93 bits per heavy atom. The first-order valence-corrected chi connectivity index (χ1v) is 10.7. The van der Waals surface area contributed by atoms with Gasteiger partial charge in [-0.05, 0) is 42.8 Å². The van der Waals surface area contributed by atoms with Crippen LogP contribution in [0.5, 0.6) is 5.75 Å². The molecule has 0 bridgehead atoms. The Balaban J connectivity index is 1.70. The van der Waals surface area contributed by atoms with Gasteiger partial charge in [-0.15, -0.1) is 0 Å². The van der Waals surface area contributed by atoms with Gasteiger partial charge in [-0.1, -0.05) is 36.9 Å². The number of aliphatic hydroxyl groups is 1. The van der Waals surface area contributed by atoms with Crippen LogP contribution in [0.15, 0.2) is 59.6 Å². The number of imide groups is 1. The minimum atomic E-state index is -0.581. The number of para-hydroxylation sites is 1. The van der Waals surface area contributed by atoms with Gasteiger partial charge in [0.25, 0.3) is 0 Å². The summed E-state index contributed by atoms with van der Waals surface area (Å²) in [6.45, 7) is 2.75. The van der Waals surface area contributed by atoms with Gasteiger partial charge in [-0.3, -0.25) is 14.6 Å². The first kappa shape index (κ1) is 21.9. The van der Waals surface area contributed by atoms with E-state index in [9.17, 15) is 9.59 Å². The summed E-state index contributed by atoms with van der Waals surface area (Å²) in [7, 11) is 0. The standard InChI is InChI=1S/C22H25N3O4S/c1-2-14-29-18-10-8-17(9-11-18)25-20(27)15-19(21(25)28)30-22(23-12-13-26)24-16-6-4-3-5-7-16/h3-11,19,26H,2,12-15H2,1H3,(H,23,24). The van der Waals surface area contributed by atoms with E-state index in [1.807, 2.05) is 37.3 Å². The number of anilines is 2. The van der Waals surface area contributed by atoms with Crippen molar-refractivity contribution in [2.45, 2.75) is 25.0 Å². The van der Waals surface area contributed by atoms with Gasteiger partial charge in [0, 0.05) is 12.1 Å². The second-order valence-electron chi connectivity index (χ2n) is 6.62. The summed E-state index contributed by atoms with van der Waals surface area (Å²) in [5.74, 6) is 0.177. The average Bonchev–Trinajstić information content (AvgIpc) is 3.04. The molecule has 0 radical (unpaired) electrons. The lowest BCUT2D eigenvalue weighted by atomic mass is 10.3. The summed E-state index contributed by atoms with van der Waals surface area (Å²) in [5, 5.41) is 12.2. The second-order valence-corrected chi connectivity index (χ2v) is 7.81. The molecule has 0 aliphatic carbocycles. The van der Waals surface area contributed by atoms with E-state index in [0.717, 1.165) is 12.1 Å². The van der Waals surface area contributed by atoms with E-state index >= 15 is 0 Å². The number of ether oxygens (including phenoxy) is 1. The maximum absolute atomic E-state index is 13.0. The number of amidine groups is 1. The molecule has 158 valence electrons. The summed E-state index contributed by atoms with van der Waals surface area (Å²) in [5.41, 5.74) is 1.35. The molecule has 2 amide bonds. The molecule has 0 saturated carbocycles. The van der Waals surface area contributed by atoms with Crippen LogP contribution in [-0.4, -0.2) is 47.1 Å². The largest absolute Gasteiger partial charge is 0.494 e. The Kier molecular flexibility index (Phi) is 7.87. The lowest BCUT2D eigenvalue weighted by molar-refractivity contribution is -0.121. The number of carbonyl (C=O) groups excluding carboxylic acids is 2. The number of nitrogens with zero attached hydrogens (tertiary/aromatic N) is 2. The molecule has 1 aliphatic heterocycles. The maximum atomic E-state index is 13.0. The zero-order valence-electron chi connectivity index (χ0n) is 16.8. The first-order chi connectivity index (χ1) is 14.6. The molecule has 1 atom stereocenters. The second kappa shape index (κ2) is 10.8. The van der Waals surface area contributed by atoms with Crippen molar-refractivity contribution in [2.75, 3.05) is 30.0 Å². The lowest BCUT2D eigenvalue weighted by Gasteiger charge is -2.16. The number of hydrogen-bond acceptors (Lipinski definition) is 6. The quantitative estimate of drug-likeness (QED) is 0.382. The van der Waals surface area contributed by atoms with E-state index in [4.69, 9.17) is 9.84 Å². The Bertz CT molecular complexity index is 887. The number of aliphatic hydroxyl groups excluding tert-OH is 1. The van der Waals surface area contributed by atoms with Crippen LogP contribution in [0.4, 0.5) is 11.4 Å². The summed E-state index contributed by atoms with van der Waals surface area (Å²) in [6.07, 6.45) is 0.993. The van der Waals surface area contributed by atoms with Crippen molar-refractivity contribution in [1.82, 2.24) is 0 Å². The maximum Gasteiger partial charge on any atom is 0.247 e. The first-order valence-electron chi connectivity index (χ1n) is 9.86. The minimum absolute atomic E-state index is 0.0895. The molecule has 0 aromatic heterocycles. The molecule has 0 spiro atoms. The molecule has 2 aromatic carbocycles. The molecule has 1 unspecified atom stereocenters. The summed E-state index contributed by atoms with van der Waals surface area (Å²) in [4.78, 5) is 31.1. The van der Waals surface area contributed by atoms with Crippen molar-refractivity contribution in [3.05, 3.63) is 54.6 Å². The van der Waals surface area contributed by atoms with Crippen molar-refractivity contribution >= 4 is 40.1 Å². The van der Waals surface area contributed by atoms with Crippen LogP contribution in [0, 0.1) is 0 Å². The number of thioether (sulfide) groups is 1. The number of amides is 2. The molecule has 30 heavy (non-hydrogen) atoms. The fourth-order valence-electron chi connectivity index (χ4n) is 2.92. The van der Waals surface area contributed by atoms with Crippen LogP contribution in [0.2, 0.25) is 0 Å². The van der Waals surface area contributed by atoms with E-state index in [-0.39, 0.29) is 31.4 Å². The average molecular weight is 428 g/mol. The summed E-state index contributed by atoms with van der Waals surface area (Å²) >= 11 is 1.20. The number of aliphatic imine (C=N–C) groups is 1. The van der Waals surface area contributed by atoms with Crippen molar-refractivity contribution in [1.29, 1.82) is 0 Å². The van der Waals surface area contributed by atoms with Crippen LogP contribution < -0.4 is 15.0 Å². The van der Waals surface area contributed by atoms with Crippen LogP contribution in [0.25, 0.3) is 0 Å². The number of nitrogens with one attached hydrogen (secondary N) is 1. The van der Waals surface area contributed by atoms with E-state index in [1.165, 1.54) is 16.7 Å². The summed E-state index contributed by atoms with van der Waals surface area (Å²) in [6, 6.07) is 16.4. The van der Waals surface area contributed by atoms with Gasteiger partial charge < -0.3 is 15.2 Å². The highest BCUT2D eigenvalue weighted by Crippen LogP contribution is 2.31.